The van der Waals surface area contributed by atoms with Crippen molar-refractivity contribution in [3.8, 4) is 0 Å². The molecule has 0 radical (unpaired) electrons. The van der Waals surface area contributed by atoms with Gasteiger partial charge in [0.1, 0.15) is 17.4 Å². The van der Waals surface area contributed by atoms with Crippen LogP contribution < -0.4 is 10.6 Å². The van der Waals surface area contributed by atoms with Crippen molar-refractivity contribution in [2.45, 2.75) is 12.8 Å². The number of nitrogens with two attached hydrogens (primary N) is 1. The van der Waals surface area contributed by atoms with Crippen LogP contribution in [0.2, 0.25) is 5.02 Å². The quantitative estimate of drug-likeness (QED) is 0.780. The number of halogens is 1. The Hall–Kier alpha value is -2.34. The van der Waals surface area contributed by atoms with E-state index < -0.39 is 0 Å². The van der Waals surface area contributed by atoms with E-state index in [0.29, 0.717) is 10.6 Å². The molecule has 0 atom stereocenters. The molecule has 7 heteroatoms. The number of hydrogen-bond donors (Lipinski definition) is 1. The number of primary amides is 1. The number of carbonyl (C=O) groups excluding carboxylic acids is 1. The predicted octanol–water partition coefficient (Wildman–Crippen LogP) is 2.73. The summed E-state index contributed by atoms with van der Waals surface area (Å²) in [7, 11) is 0. The van der Waals surface area contributed by atoms with Crippen molar-refractivity contribution in [1.29, 1.82) is 0 Å². The van der Waals surface area contributed by atoms with Gasteiger partial charge in [-0.05, 0) is 31.0 Å². The molecule has 0 saturated carbocycles. The van der Waals surface area contributed by atoms with Crippen LogP contribution in [0.3, 0.4) is 0 Å². The SMILES string of the molecule is NC(=O)C1CCN(c2ncnc3c2oc2ccc(Cl)cc23)CC1. The molecule has 0 bridgehead atoms. The molecule has 2 aromatic heterocycles. The number of hydrogen-bond acceptors (Lipinski definition) is 5. The number of amides is 1. The third-order valence-electron chi connectivity index (χ3n) is 4.39. The molecule has 2 N–H and O–H groups in total. The lowest BCUT2D eigenvalue weighted by Crippen LogP contribution is -2.39. The van der Waals surface area contributed by atoms with Gasteiger partial charge in [0.05, 0.1) is 0 Å². The first-order valence-corrected chi connectivity index (χ1v) is 7.88. The summed E-state index contributed by atoms with van der Waals surface area (Å²) in [6.45, 7) is 1.44. The summed E-state index contributed by atoms with van der Waals surface area (Å²) in [5.74, 6) is 0.471. The summed E-state index contributed by atoms with van der Waals surface area (Å²) in [6.07, 6.45) is 2.99. The first-order valence-electron chi connectivity index (χ1n) is 7.50. The summed E-state index contributed by atoms with van der Waals surface area (Å²) in [5.41, 5.74) is 7.54. The maximum Gasteiger partial charge on any atom is 0.220 e. The zero-order valence-corrected chi connectivity index (χ0v) is 13.1. The van der Waals surface area contributed by atoms with E-state index in [1.54, 1.807) is 6.07 Å². The Kier molecular flexibility index (Phi) is 3.34. The number of benzene rings is 1. The third kappa shape index (κ3) is 2.39. The number of carbonyl (C=O) groups is 1. The molecule has 0 unspecified atom stereocenters. The van der Waals surface area contributed by atoms with Gasteiger partial charge in [0, 0.05) is 29.4 Å². The van der Waals surface area contributed by atoms with E-state index in [4.69, 9.17) is 21.8 Å². The average molecular weight is 331 g/mol. The van der Waals surface area contributed by atoms with Crippen LogP contribution >= 0.6 is 11.6 Å². The standard InChI is InChI=1S/C16H15ClN4O2/c17-10-1-2-12-11(7-10)13-14(23-12)16(20-8-19-13)21-5-3-9(4-6-21)15(18)22/h1-2,7-9H,3-6H2,(H2,18,22). The van der Waals surface area contributed by atoms with E-state index in [1.165, 1.54) is 6.33 Å². The molecule has 3 heterocycles. The van der Waals surface area contributed by atoms with E-state index in [-0.39, 0.29) is 11.8 Å². The topological polar surface area (TPSA) is 85.3 Å². The minimum atomic E-state index is -0.226. The molecule has 23 heavy (non-hydrogen) atoms. The van der Waals surface area contributed by atoms with E-state index in [0.717, 1.165) is 48.2 Å². The summed E-state index contributed by atoms with van der Waals surface area (Å²) in [6, 6.07) is 5.47. The molecule has 1 aliphatic rings. The molecule has 1 aliphatic heterocycles. The highest BCUT2D eigenvalue weighted by molar-refractivity contribution is 6.31. The summed E-state index contributed by atoms with van der Waals surface area (Å²) in [5, 5.41) is 1.52. The lowest BCUT2D eigenvalue weighted by atomic mass is 9.96. The number of fused-ring (bicyclic) bond motifs is 3. The Balaban J connectivity index is 1.76. The predicted molar refractivity (Wildman–Crippen MR) is 88.5 cm³/mol. The highest BCUT2D eigenvalue weighted by Crippen LogP contribution is 2.34. The van der Waals surface area contributed by atoms with Crippen LogP contribution in [0.5, 0.6) is 0 Å². The van der Waals surface area contributed by atoms with Crippen LogP contribution in [0.15, 0.2) is 28.9 Å². The Labute approximate surface area is 137 Å². The van der Waals surface area contributed by atoms with Crippen molar-refractivity contribution in [2.75, 3.05) is 18.0 Å². The number of furan rings is 1. The van der Waals surface area contributed by atoms with Crippen molar-refractivity contribution in [3.63, 3.8) is 0 Å². The van der Waals surface area contributed by atoms with Crippen LogP contribution in [0.25, 0.3) is 22.1 Å². The van der Waals surface area contributed by atoms with Crippen LogP contribution in [0, 0.1) is 5.92 Å². The minimum Gasteiger partial charge on any atom is -0.450 e. The molecule has 1 aromatic carbocycles. The first kappa shape index (κ1) is 14.3. The molecular weight excluding hydrogens is 316 g/mol. The number of aromatic nitrogens is 2. The monoisotopic (exact) mass is 330 g/mol. The molecule has 4 rings (SSSR count). The molecule has 1 amide bonds. The van der Waals surface area contributed by atoms with Gasteiger partial charge in [-0.15, -0.1) is 0 Å². The van der Waals surface area contributed by atoms with Gasteiger partial charge in [0.15, 0.2) is 11.4 Å². The summed E-state index contributed by atoms with van der Waals surface area (Å²) < 4.78 is 5.95. The maximum absolute atomic E-state index is 11.3. The highest BCUT2D eigenvalue weighted by Gasteiger charge is 2.26. The second kappa shape index (κ2) is 5.38. The fraction of sp³-hybridized carbons (Fsp3) is 0.312. The number of piperidine rings is 1. The van der Waals surface area contributed by atoms with Gasteiger partial charge in [-0.3, -0.25) is 4.79 Å². The Morgan fingerprint density at radius 2 is 2.09 bits per heavy atom. The van der Waals surface area contributed by atoms with Gasteiger partial charge in [0.2, 0.25) is 5.91 Å². The molecule has 1 saturated heterocycles. The number of rotatable bonds is 2. The molecule has 0 aliphatic carbocycles. The molecule has 6 nitrogen and oxygen atoms in total. The second-order valence-corrected chi connectivity index (χ2v) is 6.22. The Morgan fingerprint density at radius 1 is 1.30 bits per heavy atom. The molecule has 118 valence electrons. The van der Waals surface area contributed by atoms with E-state index in [9.17, 15) is 4.79 Å². The molecule has 0 spiro atoms. The largest absolute Gasteiger partial charge is 0.450 e. The fourth-order valence-electron chi connectivity index (χ4n) is 3.14. The van der Waals surface area contributed by atoms with Gasteiger partial charge in [-0.25, -0.2) is 9.97 Å². The highest BCUT2D eigenvalue weighted by atomic mass is 35.5. The third-order valence-corrected chi connectivity index (χ3v) is 4.63. The lowest BCUT2D eigenvalue weighted by Gasteiger charge is -2.31. The Bertz CT molecular complexity index is 900. The van der Waals surface area contributed by atoms with E-state index >= 15 is 0 Å². The van der Waals surface area contributed by atoms with Gasteiger partial charge < -0.3 is 15.1 Å². The molecular formula is C16H15ClN4O2. The van der Waals surface area contributed by atoms with Crippen molar-refractivity contribution >= 4 is 45.4 Å². The fourth-order valence-corrected chi connectivity index (χ4v) is 3.31. The summed E-state index contributed by atoms with van der Waals surface area (Å²) in [4.78, 5) is 22.2. The van der Waals surface area contributed by atoms with Gasteiger partial charge in [0.25, 0.3) is 0 Å². The number of nitrogens with zero attached hydrogens (tertiary/aromatic N) is 3. The van der Waals surface area contributed by atoms with Crippen LogP contribution in [0.4, 0.5) is 5.82 Å². The van der Waals surface area contributed by atoms with Crippen molar-refractivity contribution < 1.29 is 9.21 Å². The zero-order valence-electron chi connectivity index (χ0n) is 12.3. The first-order chi connectivity index (χ1) is 11.1. The van der Waals surface area contributed by atoms with E-state index in [2.05, 4.69) is 14.9 Å². The number of anilines is 1. The zero-order chi connectivity index (χ0) is 16.0. The van der Waals surface area contributed by atoms with Crippen molar-refractivity contribution in [1.82, 2.24) is 9.97 Å². The van der Waals surface area contributed by atoms with Gasteiger partial charge in [-0.2, -0.15) is 0 Å². The normalized spacial score (nSPS) is 16.3. The summed E-state index contributed by atoms with van der Waals surface area (Å²) >= 11 is 6.07. The van der Waals surface area contributed by atoms with Crippen molar-refractivity contribution in [2.24, 2.45) is 11.7 Å². The van der Waals surface area contributed by atoms with Crippen LogP contribution in [-0.2, 0) is 4.79 Å². The van der Waals surface area contributed by atoms with E-state index in [1.807, 2.05) is 12.1 Å². The van der Waals surface area contributed by atoms with Crippen molar-refractivity contribution in [3.05, 3.63) is 29.5 Å². The smallest absolute Gasteiger partial charge is 0.220 e. The van der Waals surface area contributed by atoms with Crippen LogP contribution in [-0.4, -0.2) is 29.0 Å². The van der Waals surface area contributed by atoms with Gasteiger partial charge >= 0.3 is 0 Å². The Morgan fingerprint density at radius 3 is 2.83 bits per heavy atom. The minimum absolute atomic E-state index is 0.0574. The van der Waals surface area contributed by atoms with Gasteiger partial charge in [-0.1, -0.05) is 11.6 Å². The second-order valence-electron chi connectivity index (χ2n) is 5.78. The maximum atomic E-state index is 11.3. The average Bonchev–Trinajstić information content (AvgIpc) is 2.93. The lowest BCUT2D eigenvalue weighted by molar-refractivity contribution is -0.122. The molecule has 3 aromatic rings. The molecule has 1 fully saturated rings. The van der Waals surface area contributed by atoms with Crippen LogP contribution in [0.1, 0.15) is 12.8 Å².